The third kappa shape index (κ3) is 2.94. The van der Waals surface area contributed by atoms with E-state index in [-0.39, 0.29) is 23.3 Å². The highest BCUT2D eigenvalue weighted by atomic mass is 16.5. The van der Waals surface area contributed by atoms with E-state index in [1.165, 1.54) is 18.2 Å². The molecule has 2 aromatic carbocycles. The number of carbonyl (C=O) groups is 3. The molecule has 1 atom stereocenters. The second kappa shape index (κ2) is 6.68. The summed E-state index contributed by atoms with van der Waals surface area (Å²) in [5.74, 6) is -2.04. The highest BCUT2D eigenvalue weighted by Crippen LogP contribution is 2.26. The summed E-state index contributed by atoms with van der Waals surface area (Å²) in [4.78, 5) is 50.3. The lowest BCUT2D eigenvalue weighted by Gasteiger charge is -2.22. The van der Waals surface area contributed by atoms with Gasteiger partial charge in [0.25, 0.3) is 11.8 Å². The minimum atomic E-state index is -1.10. The van der Waals surface area contributed by atoms with Crippen molar-refractivity contribution in [1.29, 1.82) is 0 Å². The molecule has 1 unspecified atom stereocenters. The summed E-state index contributed by atoms with van der Waals surface area (Å²) in [6.07, 6.45) is 0.178. The molecule has 0 fully saturated rings. The van der Waals surface area contributed by atoms with Gasteiger partial charge in [-0.2, -0.15) is 0 Å². The Morgan fingerprint density at radius 3 is 2.08 bits per heavy atom. The van der Waals surface area contributed by atoms with Gasteiger partial charge < -0.3 is 4.74 Å². The predicted molar refractivity (Wildman–Crippen MR) is 89.4 cm³/mol. The summed E-state index contributed by atoms with van der Waals surface area (Å²) in [6.45, 7) is 1.67. The third-order valence-corrected chi connectivity index (χ3v) is 3.97. The standard InChI is InChI=1S/C19H15NO5/c1-2-14(19(24)25-16-11-5-3-4-10-15(16)21)20-17(22)12-8-6-7-9-13(12)18(20)23/h3-11,14H,2H2,1H3. The van der Waals surface area contributed by atoms with Crippen LogP contribution in [-0.4, -0.2) is 28.7 Å². The molecule has 0 aliphatic carbocycles. The minimum absolute atomic E-state index is 0.148. The normalized spacial score (nSPS) is 14.2. The molecule has 1 aliphatic rings. The van der Waals surface area contributed by atoms with Gasteiger partial charge in [0.05, 0.1) is 11.1 Å². The van der Waals surface area contributed by atoms with Crippen molar-refractivity contribution in [2.45, 2.75) is 19.4 Å². The Morgan fingerprint density at radius 2 is 1.48 bits per heavy atom. The topological polar surface area (TPSA) is 80.8 Å². The van der Waals surface area contributed by atoms with Gasteiger partial charge in [0.1, 0.15) is 6.04 Å². The number of fused-ring (bicyclic) bond motifs is 1. The van der Waals surface area contributed by atoms with Crippen LogP contribution in [0.5, 0.6) is 5.75 Å². The lowest BCUT2D eigenvalue weighted by Crippen LogP contribution is -2.46. The van der Waals surface area contributed by atoms with E-state index in [4.69, 9.17) is 4.74 Å². The lowest BCUT2D eigenvalue weighted by atomic mass is 10.1. The van der Waals surface area contributed by atoms with Crippen LogP contribution in [0.15, 0.2) is 59.4 Å². The van der Waals surface area contributed by atoms with Crippen LogP contribution in [-0.2, 0) is 4.79 Å². The molecular formula is C19H15NO5. The Bertz CT molecular complexity index is 886. The molecule has 0 N–H and O–H groups in total. The molecular weight excluding hydrogens is 322 g/mol. The van der Waals surface area contributed by atoms with Crippen LogP contribution in [0, 0.1) is 0 Å². The Labute approximate surface area is 143 Å². The lowest BCUT2D eigenvalue weighted by molar-refractivity contribution is -0.139. The second-order valence-corrected chi connectivity index (χ2v) is 5.51. The zero-order valence-corrected chi connectivity index (χ0v) is 13.5. The van der Waals surface area contributed by atoms with Crippen molar-refractivity contribution in [2.75, 3.05) is 0 Å². The van der Waals surface area contributed by atoms with Crippen molar-refractivity contribution < 1.29 is 19.1 Å². The van der Waals surface area contributed by atoms with E-state index in [9.17, 15) is 19.2 Å². The molecule has 0 spiro atoms. The number of ether oxygens (including phenoxy) is 1. The highest BCUT2D eigenvalue weighted by molar-refractivity contribution is 6.22. The van der Waals surface area contributed by atoms with Crippen LogP contribution in [0.3, 0.4) is 0 Å². The zero-order chi connectivity index (χ0) is 18.0. The maximum absolute atomic E-state index is 12.5. The molecule has 0 bridgehead atoms. The van der Waals surface area contributed by atoms with Gasteiger partial charge in [0.15, 0.2) is 5.75 Å². The number of rotatable bonds is 4. The monoisotopic (exact) mass is 337 g/mol. The van der Waals surface area contributed by atoms with Gasteiger partial charge >= 0.3 is 5.97 Å². The van der Waals surface area contributed by atoms with Crippen molar-refractivity contribution in [3.63, 3.8) is 0 Å². The fraction of sp³-hybridized carbons (Fsp3) is 0.158. The van der Waals surface area contributed by atoms with Crippen LogP contribution in [0.1, 0.15) is 34.1 Å². The maximum Gasteiger partial charge on any atom is 0.334 e. The molecule has 0 saturated heterocycles. The maximum atomic E-state index is 12.5. The molecule has 2 amide bonds. The Kier molecular flexibility index (Phi) is 4.43. The molecule has 6 nitrogen and oxygen atoms in total. The average molecular weight is 337 g/mol. The number of benzene rings is 1. The molecule has 0 saturated carbocycles. The predicted octanol–water partition coefficient (Wildman–Crippen LogP) is 2.03. The molecule has 3 rings (SSSR count). The summed E-state index contributed by atoms with van der Waals surface area (Å²) < 4.78 is 5.17. The van der Waals surface area contributed by atoms with Crippen molar-refractivity contribution in [3.8, 4) is 5.75 Å². The molecule has 25 heavy (non-hydrogen) atoms. The van der Waals surface area contributed by atoms with Crippen molar-refractivity contribution in [2.24, 2.45) is 0 Å². The summed E-state index contributed by atoms with van der Waals surface area (Å²) in [5, 5.41) is 0. The van der Waals surface area contributed by atoms with Crippen LogP contribution in [0.2, 0.25) is 0 Å². The Hall–Kier alpha value is -3.28. The third-order valence-electron chi connectivity index (χ3n) is 3.97. The largest absolute Gasteiger partial charge is 0.421 e. The van der Waals surface area contributed by atoms with Crippen molar-refractivity contribution in [1.82, 2.24) is 4.90 Å². The molecule has 0 aromatic heterocycles. The number of amides is 2. The van der Waals surface area contributed by atoms with Crippen LogP contribution in [0.25, 0.3) is 0 Å². The second-order valence-electron chi connectivity index (χ2n) is 5.51. The van der Waals surface area contributed by atoms with Gasteiger partial charge in [-0.1, -0.05) is 37.3 Å². The summed E-state index contributed by atoms with van der Waals surface area (Å²) in [5.41, 5.74) is 0.0549. The molecule has 6 heteroatoms. The van der Waals surface area contributed by atoms with Crippen LogP contribution >= 0.6 is 0 Å². The molecule has 0 radical (unpaired) electrons. The smallest absolute Gasteiger partial charge is 0.334 e. The fourth-order valence-electron chi connectivity index (χ4n) is 2.72. The average Bonchev–Trinajstić information content (AvgIpc) is 2.75. The van der Waals surface area contributed by atoms with Crippen molar-refractivity contribution in [3.05, 3.63) is 75.9 Å². The van der Waals surface area contributed by atoms with E-state index in [1.807, 2.05) is 0 Å². The number of nitrogens with zero attached hydrogens (tertiary/aromatic N) is 1. The van der Waals surface area contributed by atoms with E-state index in [0.29, 0.717) is 0 Å². The first kappa shape index (κ1) is 16.6. The number of imide groups is 1. The molecule has 1 aliphatic heterocycles. The van der Waals surface area contributed by atoms with Crippen LogP contribution < -0.4 is 10.2 Å². The van der Waals surface area contributed by atoms with Gasteiger partial charge in [-0.05, 0) is 30.7 Å². The number of carbonyl (C=O) groups excluding carboxylic acids is 3. The Morgan fingerprint density at radius 1 is 0.920 bits per heavy atom. The quantitative estimate of drug-likeness (QED) is 0.630. The van der Waals surface area contributed by atoms with Gasteiger partial charge in [-0.25, -0.2) is 4.79 Å². The van der Waals surface area contributed by atoms with E-state index >= 15 is 0 Å². The minimum Gasteiger partial charge on any atom is -0.421 e. The fourth-order valence-corrected chi connectivity index (χ4v) is 2.72. The van der Waals surface area contributed by atoms with Gasteiger partial charge in [0, 0.05) is 0 Å². The first-order valence-electron chi connectivity index (χ1n) is 7.82. The highest BCUT2D eigenvalue weighted by Gasteiger charge is 2.42. The van der Waals surface area contributed by atoms with Crippen molar-refractivity contribution >= 4 is 17.8 Å². The van der Waals surface area contributed by atoms with E-state index in [2.05, 4.69) is 0 Å². The van der Waals surface area contributed by atoms with Gasteiger partial charge in [0.2, 0.25) is 5.43 Å². The molecule has 2 aromatic rings. The summed E-state index contributed by atoms with van der Waals surface area (Å²) in [6, 6.07) is 12.6. The number of hydrogen-bond donors (Lipinski definition) is 0. The summed E-state index contributed by atoms with van der Waals surface area (Å²) >= 11 is 0. The van der Waals surface area contributed by atoms with Gasteiger partial charge in [-0.3, -0.25) is 19.3 Å². The van der Waals surface area contributed by atoms with E-state index in [1.54, 1.807) is 43.3 Å². The number of hydrogen-bond acceptors (Lipinski definition) is 5. The van der Waals surface area contributed by atoms with E-state index in [0.717, 1.165) is 4.90 Å². The molecule has 126 valence electrons. The summed E-state index contributed by atoms with van der Waals surface area (Å²) in [7, 11) is 0. The SMILES string of the molecule is CCC(C(=O)Oc1cccccc1=O)N1C(=O)c2ccccc2C1=O. The first-order chi connectivity index (χ1) is 12.0. The Balaban J connectivity index is 1.90. The van der Waals surface area contributed by atoms with Gasteiger partial charge in [-0.15, -0.1) is 0 Å². The molecule has 1 heterocycles. The first-order valence-corrected chi connectivity index (χ1v) is 7.82. The van der Waals surface area contributed by atoms with Crippen LogP contribution in [0.4, 0.5) is 0 Å². The number of esters is 1. The zero-order valence-electron chi connectivity index (χ0n) is 13.5. The van der Waals surface area contributed by atoms with E-state index < -0.39 is 29.3 Å².